The number of piperazine rings is 1. The lowest BCUT2D eigenvalue weighted by Crippen LogP contribution is -2.50. The molecule has 3 aliphatic rings. The molecule has 5 N–H and O–H groups in total. The molecule has 426 valence electrons. The summed E-state index contributed by atoms with van der Waals surface area (Å²) >= 11 is 6.68. The van der Waals surface area contributed by atoms with E-state index in [4.69, 9.17) is 30.8 Å². The maximum absolute atomic E-state index is 15.8. The Morgan fingerprint density at radius 3 is 2.43 bits per heavy atom. The van der Waals surface area contributed by atoms with Gasteiger partial charge in [-0.05, 0) is 54.7 Å². The fourth-order valence-corrected chi connectivity index (χ4v) is 11.1. The number of pyridine rings is 1. The number of nitrogens with zero attached hydrogens (tertiary/aromatic N) is 9. The summed E-state index contributed by atoms with van der Waals surface area (Å²) in [5.41, 5.74) is 3.52. The van der Waals surface area contributed by atoms with E-state index in [0.29, 0.717) is 35.5 Å². The fraction of sp³-hybridized carbons (Fsp3) is 0.345. The summed E-state index contributed by atoms with van der Waals surface area (Å²) in [6.45, 7) is 7.29. The van der Waals surface area contributed by atoms with E-state index in [9.17, 15) is 19.8 Å². The molecule has 4 aromatic heterocycles. The predicted octanol–water partition coefficient (Wildman–Crippen LogP) is 8.29. The normalized spacial score (nSPS) is 18.2. The van der Waals surface area contributed by atoms with E-state index in [-0.39, 0.29) is 83.1 Å². The first kappa shape index (κ1) is 55.8. The molecule has 0 unspecified atom stereocenters. The van der Waals surface area contributed by atoms with Crippen molar-refractivity contribution in [3.63, 3.8) is 0 Å². The second kappa shape index (κ2) is 22.7. The number of ether oxygens (including phenoxy) is 3. The van der Waals surface area contributed by atoms with Crippen LogP contribution >= 0.6 is 11.6 Å². The molecular formula is C58H57ClF4N12O7. The van der Waals surface area contributed by atoms with Crippen molar-refractivity contribution in [1.82, 2.24) is 55.7 Å². The van der Waals surface area contributed by atoms with E-state index < -0.39 is 76.9 Å². The Bertz CT molecular complexity index is 3750. The van der Waals surface area contributed by atoms with Crippen LogP contribution < -0.4 is 25.0 Å². The van der Waals surface area contributed by atoms with Crippen molar-refractivity contribution < 1.29 is 51.6 Å². The topological polar surface area (TPSA) is 231 Å². The zero-order valence-corrected chi connectivity index (χ0v) is 45.8. The summed E-state index contributed by atoms with van der Waals surface area (Å²) in [7, 11) is 1.50. The van der Waals surface area contributed by atoms with Gasteiger partial charge in [0.15, 0.2) is 5.75 Å². The monoisotopic (exact) mass is 1140 g/mol. The van der Waals surface area contributed by atoms with Crippen LogP contribution in [-0.2, 0) is 27.1 Å². The molecule has 24 heteroatoms. The van der Waals surface area contributed by atoms with Crippen LogP contribution in [0.3, 0.4) is 0 Å². The molecule has 11 rings (SSSR count). The third kappa shape index (κ3) is 10.8. The van der Waals surface area contributed by atoms with Crippen molar-refractivity contribution in [3.8, 4) is 45.3 Å². The van der Waals surface area contributed by atoms with Crippen molar-refractivity contribution in [1.29, 1.82) is 0 Å². The number of alkyl halides is 3. The number of aliphatic hydroxyl groups excluding tert-OH is 2. The SMILES string of the molecule is CO[C@@H](C)COc1nc(N2C[C@@H]3C=C2CN3)c2cc(C(F)(F)F)c(-c3c(Cl)c(F)cc4[nH]ncc34)c(OCc3ccc(-c4cn([C@H](C(=O)N5C[C@H](O)C[C@H]5C(=O)N[C@@H](CO)c5ccc(-c6cccnc6C)cc5)C(C)C)nn4)cc3)c2n1. The van der Waals surface area contributed by atoms with Crippen LogP contribution in [0.15, 0.2) is 103 Å². The van der Waals surface area contributed by atoms with Crippen LogP contribution in [0.4, 0.5) is 23.4 Å². The Hall–Kier alpha value is -8.09. The van der Waals surface area contributed by atoms with Gasteiger partial charge in [0.25, 0.3) is 0 Å². The van der Waals surface area contributed by atoms with Crippen LogP contribution in [0.5, 0.6) is 11.8 Å². The van der Waals surface area contributed by atoms with Crippen LogP contribution in [0.2, 0.25) is 5.02 Å². The Morgan fingerprint density at radius 2 is 1.74 bits per heavy atom. The number of methoxy groups -OCH3 is 1. The highest BCUT2D eigenvalue weighted by molar-refractivity contribution is 6.35. The van der Waals surface area contributed by atoms with Crippen LogP contribution in [0.1, 0.15) is 61.7 Å². The Balaban J connectivity index is 0.879. The standard InChI is InChI=1S/C58H57ClF4N12O7/c1-29(2)52(56(79)74-24-38(77)18-47(74)55(78)67-46(26-76)35-14-12-33(13-15-35)39-7-6-16-64-31(39)4)75-25-45(71-72-75)34-10-8-32(9-11-34)28-81-53-49(48-41-22-66-70-44(41)20-43(60)50(48)59)42(58(61,62)63)19-40-51(53)68-57(82-27-30(3)80-5)69-54(40)73-23-36-17-37(73)21-65-36/h6-17,19-20,22,25,29-30,36,38,46-47,52,65,76-77H,18,21,23-24,26-28H2,1-5H3,(H,66,70)(H,67,78)/t30-,36-,38+,46-,47-,52-/m0/s1. The number of hydrogen-bond donors (Lipinski definition) is 5. The first-order valence-electron chi connectivity index (χ1n) is 26.6. The van der Waals surface area contributed by atoms with Crippen LogP contribution in [0.25, 0.3) is 55.3 Å². The highest BCUT2D eigenvalue weighted by Crippen LogP contribution is 2.52. The third-order valence-electron chi connectivity index (χ3n) is 15.2. The van der Waals surface area contributed by atoms with E-state index in [1.807, 2.05) is 68.1 Å². The van der Waals surface area contributed by atoms with E-state index in [0.717, 1.165) is 34.7 Å². The van der Waals surface area contributed by atoms with Gasteiger partial charge in [0, 0.05) is 95.9 Å². The number of carbonyl (C=O) groups excluding carboxylic acids is 2. The molecule has 6 atom stereocenters. The smallest absolute Gasteiger partial charge is 0.417 e. The van der Waals surface area contributed by atoms with Gasteiger partial charge < -0.3 is 44.9 Å². The molecule has 7 heterocycles. The number of aliphatic hydroxyl groups is 2. The number of benzene rings is 4. The number of hydrogen-bond acceptors (Lipinski definition) is 15. The van der Waals surface area contributed by atoms with Gasteiger partial charge in [-0.2, -0.15) is 28.2 Å². The second-order valence-electron chi connectivity index (χ2n) is 21.0. The summed E-state index contributed by atoms with van der Waals surface area (Å²) in [6, 6.07) is 16.9. The summed E-state index contributed by atoms with van der Waals surface area (Å²) in [5.74, 6) is -2.60. The molecule has 1 saturated heterocycles. The van der Waals surface area contributed by atoms with Crippen molar-refractivity contribution in [3.05, 3.63) is 136 Å². The number of fused-ring (bicyclic) bond motifs is 3. The van der Waals surface area contributed by atoms with Crippen LogP contribution in [-0.4, -0.2) is 131 Å². The molecule has 0 spiro atoms. The Labute approximate surface area is 472 Å². The highest BCUT2D eigenvalue weighted by Gasteiger charge is 2.44. The van der Waals surface area contributed by atoms with Crippen molar-refractivity contribution in [2.75, 3.05) is 44.9 Å². The molecule has 0 aliphatic carbocycles. The van der Waals surface area contributed by atoms with Gasteiger partial charge in [-0.25, -0.2) is 9.07 Å². The van der Waals surface area contributed by atoms with E-state index in [1.54, 1.807) is 43.6 Å². The molecule has 4 aromatic carbocycles. The molecule has 2 bridgehead atoms. The highest BCUT2D eigenvalue weighted by atomic mass is 35.5. The summed E-state index contributed by atoms with van der Waals surface area (Å²) < 4.78 is 82.6. The van der Waals surface area contributed by atoms with E-state index in [1.165, 1.54) is 22.9 Å². The minimum absolute atomic E-state index is 0.00240. The lowest BCUT2D eigenvalue weighted by Gasteiger charge is -2.30. The first-order valence-corrected chi connectivity index (χ1v) is 27.0. The lowest BCUT2D eigenvalue weighted by atomic mass is 9.93. The second-order valence-corrected chi connectivity index (χ2v) is 21.4. The largest absolute Gasteiger partial charge is 0.486 e. The van der Waals surface area contributed by atoms with Crippen molar-refractivity contribution >= 4 is 51.0 Å². The van der Waals surface area contributed by atoms with Gasteiger partial charge in [0.2, 0.25) is 11.8 Å². The quantitative estimate of drug-likeness (QED) is 0.0509. The third-order valence-corrected chi connectivity index (χ3v) is 15.5. The molecule has 0 saturated carbocycles. The molecule has 19 nitrogen and oxygen atoms in total. The van der Waals surface area contributed by atoms with Gasteiger partial charge in [-0.1, -0.05) is 85.3 Å². The number of aromatic nitrogens is 8. The molecule has 82 heavy (non-hydrogen) atoms. The molecule has 3 aliphatic heterocycles. The summed E-state index contributed by atoms with van der Waals surface area (Å²) in [6.07, 6.45) is 0.0749. The molecule has 8 aromatic rings. The van der Waals surface area contributed by atoms with E-state index >= 15 is 17.6 Å². The van der Waals surface area contributed by atoms with Gasteiger partial charge in [0.05, 0.1) is 53.4 Å². The Kier molecular flexibility index (Phi) is 15.4. The number of anilines is 1. The molecular weight excluding hydrogens is 1090 g/mol. The van der Waals surface area contributed by atoms with Crippen molar-refractivity contribution in [2.24, 2.45) is 5.92 Å². The maximum atomic E-state index is 15.8. The predicted molar refractivity (Wildman–Crippen MR) is 296 cm³/mol. The minimum atomic E-state index is -5.05. The number of aryl methyl sites for hydroxylation is 1. The molecule has 1 fully saturated rings. The van der Waals surface area contributed by atoms with Gasteiger partial charge in [0.1, 0.15) is 48.1 Å². The minimum Gasteiger partial charge on any atom is -0.486 e. The number of carbonyl (C=O) groups is 2. The maximum Gasteiger partial charge on any atom is 0.417 e. The number of β-amino-alcohol motifs (C(OH)–C–C–N with tert-alkyl or cyclic N) is 1. The average Bonchev–Trinajstić information content (AvgIpc) is 4.51. The number of amides is 2. The number of halogens is 5. The zero-order chi connectivity index (χ0) is 57.7. The number of likely N-dealkylation sites (tertiary alicyclic amines) is 1. The average molecular weight is 1150 g/mol. The first-order chi connectivity index (χ1) is 39.4. The van der Waals surface area contributed by atoms with Crippen LogP contribution in [0, 0.1) is 18.7 Å². The van der Waals surface area contributed by atoms with Crippen molar-refractivity contribution in [2.45, 2.75) is 83.3 Å². The van der Waals surface area contributed by atoms with Gasteiger partial charge in [-0.15, -0.1) is 5.10 Å². The number of nitrogens with one attached hydrogen (secondary N) is 3. The lowest BCUT2D eigenvalue weighted by molar-refractivity contribution is -0.142. The summed E-state index contributed by atoms with van der Waals surface area (Å²) in [5, 5.41) is 42.4. The molecule has 2 amide bonds. The number of rotatable bonds is 18. The molecule has 0 radical (unpaired) electrons. The van der Waals surface area contributed by atoms with Gasteiger partial charge >= 0.3 is 12.2 Å². The number of aromatic amines is 1. The zero-order valence-electron chi connectivity index (χ0n) is 45.1. The fourth-order valence-electron chi connectivity index (χ4n) is 10.9. The summed E-state index contributed by atoms with van der Waals surface area (Å²) in [4.78, 5) is 45.5. The van der Waals surface area contributed by atoms with E-state index in [2.05, 4.69) is 41.1 Å². The number of H-pyrrole nitrogens is 1. The Morgan fingerprint density at radius 1 is 0.976 bits per heavy atom. The van der Waals surface area contributed by atoms with Gasteiger partial charge in [-0.3, -0.25) is 19.7 Å².